The minimum absolute atomic E-state index is 0.331. The number of rotatable bonds is 4. The van der Waals surface area contributed by atoms with Crippen molar-refractivity contribution < 1.29 is 22.7 Å². The van der Waals surface area contributed by atoms with Crippen molar-refractivity contribution in [2.45, 2.75) is 6.36 Å². The molecule has 0 saturated carbocycles. The Morgan fingerprint density at radius 2 is 1.86 bits per heavy atom. The van der Waals surface area contributed by atoms with Gasteiger partial charge in [-0.3, -0.25) is 4.79 Å². The van der Waals surface area contributed by atoms with Crippen molar-refractivity contribution >= 4 is 33.3 Å². The van der Waals surface area contributed by atoms with E-state index in [1.165, 1.54) is 29.5 Å². The van der Waals surface area contributed by atoms with Crippen LogP contribution in [0.5, 0.6) is 5.75 Å². The van der Waals surface area contributed by atoms with Gasteiger partial charge >= 0.3 is 6.36 Å². The minimum Gasteiger partial charge on any atom is -0.406 e. The zero-order valence-corrected chi connectivity index (χ0v) is 15.4. The molecule has 0 aliphatic rings. The Morgan fingerprint density at radius 3 is 2.62 bits per heavy atom. The van der Waals surface area contributed by atoms with Crippen molar-refractivity contribution in [2.75, 3.05) is 5.32 Å². The van der Waals surface area contributed by atoms with Gasteiger partial charge in [-0.25, -0.2) is 9.97 Å². The molecule has 0 fully saturated rings. The van der Waals surface area contributed by atoms with Gasteiger partial charge in [0.05, 0.1) is 15.8 Å². The predicted molar refractivity (Wildman–Crippen MR) is 104 cm³/mol. The largest absolute Gasteiger partial charge is 0.573 e. The van der Waals surface area contributed by atoms with Crippen LogP contribution in [0.15, 0.2) is 66.9 Å². The number of nitrogens with one attached hydrogen (secondary N) is 1. The fourth-order valence-corrected chi connectivity index (χ4v) is 3.69. The monoisotopic (exact) mass is 415 g/mol. The molecular weight excluding hydrogens is 403 g/mol. The van der Waals surface area contributed by atoms with Crippen LogP contribution >= 0.6 is 11.3 Å². The molecule has 0 atom stereocenters. The van der Waals surface area contributed by atoms with E-state index >= 15 is 0 Å². The van der Waals surface area contributed by atoms with Crippen LogP contribution in [0.1, 0.15) is 10.4 Å². The molecule has 4 aromatic rings. The molecule has 4 rings (SSSR count). The van der Waals surface area contributed by atoms with Gasteiger partial charge in [-0.05, 0) is 36.4 Å². The molecule has 2 heterocycles. The number of ether oxygens (including phenoxy) is 1. The molecule has 9 heteroatoms. The lowest BCUT2D eigenvalue weighted by molar-refractivity contribution is -0.274. The fraction of sp³-hybridized carbons (Fsp3) is 0.0500. The van der Waals surface area contributed by atoms with Gasteiger partial charge in [-0.15, -0.1) is 24.5 Å². The average Bonchev–Trinajstić information content (AvgIpc) is 3.12. The maximum atomic E-state index is 12.7. The van der Waals surface area contributed by atoms with Gasteiger partial charge in [0.15, 0.2) is 0 Å². The van der Waals surface area contributed by atoms with E-state index in [4.69, 9.17) is 0 Å². The van der Waals surface area contributed by atoms with Gasteiger partial charge in [-0.1, -0.05) is 24.3 Å². The quantitative estimate of drug-likeness (QED) is 0.477. The molecule has 2 aromatic carbocycles. The standard InChI is InChI=1S/C20H12F3N3O2S/c21-20(22,23)28-13-6-3-5-12(11-13)19-26-17-14(7-4-8-15(17)29-19)18(27)25-16-9-1-2-10-24-16/h1-11H,(H,24,25,27). The van der Waals surface area contributed by atoms with E-state index in [-0.39, 0.29) is 11.7 Å². The van der Waals surface area contributed by atoms with Gasteiger partial charge < -0.3 is 10.1 Å². The Labute approximate surface area is 166 Å². The highest BCUT2D eigenvalue weighted by atomic mass is 32.1. The van der Waals surface area contributed by atoms with Gasteiger partial charge in [0.2, 0.25) is 0 Å². The summed E-state index contributed by atoms with van der Waals surface area (Å²) in [6, 6.07) is 15.9. The molecule has 0 unspecified atom stereocenters. The summed E-state index contributed by atoms with van der Waals surface area (Å²) >= 11 is 1.27. The highest BCUT2D eigenvalue weighted by molar-refractivity contribution is 7.21. The molecule has 5 nitrogen and oxygen atoms in total. The molecule has 0 radical (unpaired) electrons. The third-order valence-electron chi connectivity index (χ3n) is 3.88. The van der Waals surface area contributed by atoms with Crippen molar-refractivity contribution in [3.8, 4) is 16.3 Å². The third kappa shape index (κ3) is 4.35. The highest BCUT2D eigenvalue weighted by Crippen LogP contribution is 2.34. The van der Waals surface area contributed by atoms with Crippen LogP contribution in [0.2, 0.25) is 0 Å². The fourth-order valence-electron chi connectivity index (χ4n) is 2.70. The average molecular weight is 415 g/mol. The Bertz CT molecular complexity index is 1180. The van der Waals surface area contributed by atoms with Crippen molar-refractivity contribution in [3.05, 3.63) is 72.4 Å². The van der Waals surface area contributed by atoms with Crippen LogP contribution in [0.25, 0.3) is 20.8 Å². The summed E-state index contributed by atoms with van der Waals surface area (Å²) < 4.78 is 42.1. The van der Waals surface area contributed by atoms with Crippen molar-refractivity contribution in [2.24, 2.45) is 0 Å². The molecule has 0 aliphatic carbocycles. The van der Waals surface area contributed by atoms with E-state index in [1.54, 1.807) is 48.7 Å². The molecule has 0 spiro atoms. The first-order chi connectivity index (χ1) is 13.9. The molecule has 0 aliphatic heterocycles. The van der Waals surface area contributed by atoms with Crippen LogP contribution in [0.4, 0.5) is 19.0 Å². The Balaban J connectivity index is 1.68. The molecule has 2 aromatic heterocycles. The summed E-state index contributed by atoms with van der Waals surface area (Å²) in [6.07, 6.45) is -3.21. The first-order valence-electron chi connectivity index (χ1n) is 8.37. The Morgan fingerprint density at radius 1 is 1.03 bits per heavy atom. The van der Waals surface area contributed by atoms with Crippen LogP contribution in [-0.4, -0.2) is 22.2 Å². The van der Waals surface area contributed by atoms with E-state index in [1.807, 2.05) is 0 Å². The second-order valence-corrected chi connectivity index (χ2v) is 6.95. The molecule has 29 heavy (non-hydrogen) atoms. The first kappa shape index (κ1) is 18.9. The SMILES string of the molecule is O=C(Nc1ccccn1)c1cccc2sc(-c3cccc(OC(F)(F)F)c3)nc12. The van der Waals surface area contributed by atoms with Crippen LogP contribution in [-0.2, 0) is 0 Å². The normalized spacial score (nSPS) is 11.4. The lowest BCUT2D eigenvalue weighted by Crippen LogP contribution is -2.17. The number of fused-ring (bicyclic) bond motifs is 1. The molecule has 1 amide bonds. The van der Waals surface area contributed by atoms with Crippen LogP contribution in [0.3, 0.4) is 0 Å². The second kappa shape index (κ2) is 7.51. The second-order valence-electron chi connectivity index (χ2n) is 5.92. The number of aromatic nitrogens is 2. The van der Waals surface area contributed by atoms with Gasteiger partial charge in [0.1, 0.15) is 16.6 Å². The number of nitrogens with zero attached hydrogens (tertiary/aromatic N) is 2. The Hall–Kier alpha value is -3.46. The number of amides is 1. The minimum atomic E-state index is -4.77. The number of carbonyl (C=O) groups excluding carboxylic acids is 1. The number of alkyl halides is 3. The van der Waals surface area contributed by atoms with E-state index in [0.717, 1.165) is 4.70 Å². The molecule has 0 saturated heterocycles. The van der Waals surface area contributed by atoms with E-state index in [9.17, 15) is 18.0 Å². The summed E-state index contributed by atoms with van der Waals surface area (Å²) in [5.74, 6) is -0.301. The van der Waals surface area contributed by atoms with Crippen molar-refractivity contribution in [1.82, 2.24) is 9.97 Å². The van der Waals surface area contributed by atoms with Gasteiger partial charge in [0, 0.05) is 11.8 Å². The lowest BCUT2D eigenvalue weighted by Gasteiger charge is -2.09. The highest BCUT2D eigenvalue weighted by Gasteiger charge is 2.31. The van der Waals surface area contributed by atoms with Gasteiger partial charge in [-0.2, -0.15) is 0 Å². The lowest BCUT2D eigenvalue weighted by atomic mass is 10.2. The summed E-state index contributed by atoms with van der Waals surface area (Å²) in [7, 11) is 0. The molecule has 1 N–H and O–H groups in total. The number of anilines is 1. The number of carbonyl (C=O) groups is 1. The summed E-state index contributed by atoms with van der Waals surface area (Å²) in [4.78, 5) is 21.2. The maximum Gasteiger partial charge on any atom is 0.573 e. The van der Waals surface area contributed by atoms with E-state index < -0.39 is 6.36 Å². The van der Waals surface area contributed by atoms with E-state index in [0.29, 0.717) is 27.5 Å². The predicted octanol–water partition coefficient (Wildman–Crippen LogP) is 5.51. The van der Waals surface area contributed by atoms with Gasteiger partial charge in [0.25, 0.3) is 5.91 Å². The summed E-state index contributed by atoms with van der Waals surface area (Å²) in [6.45, 7) is 0. The number of pyridine rings is 1. The van der Waals surface area contributed by atoms with Crippen LogP contribution in [0, 0.1) is 0 Å². The number of benzene rings is 2. The maximum absolute atomic E-state index is 12.7. The number of halogens is 3. The zero-order valence-electron chi connectivity index (χ0n) is 14.6. The number of hydrogen-bond acceptors (Lipinski definition) is 5. The summed E-state index contributed by atoms with van der Waals surface area (Å²) in [5, 5.41) is 3.18. The topological polar surface area (TPSA) is 64.1 Å². The zero-order chi connectivity index (χ0) is 20.4. The number of hydrogen-bond donors (Lipinski definition) is 1. The van der Waals surface area contributed by atoms with Crippen molar-refractivity contribution in [1.29, 1.82) is 0 Å². The molecule has 0 bridgehead atoms. The first-order valence-corrected chi connectivity index (χ1v) is 9.19. The number of para-hydroxylation sites is 1. The smallest absolute Gasteiger partial charge is 0.406 e. The third-order valence-corrected chi connectivity index (χ3v) is 4.95. The van der Waals surface area contributed by atoms with Crippen LogP contribution < -0.4 is 10.1 Å². The molecule has 146 valence electrons. The summed E-state index contributed by atoms with van der Waals surface area (Å²) in [5.41, 5.74) is 1.27. The Kier molecular flexibility index (Phi) is 4.89. The number of thiazole rings is 1. The van der Waals surface area contributed by atoms with Crippen molar-refractivity contribution in [3.63, 3.8) is 0 Å². The molecular formula is C20H12F3N3O2S. The van der Waals surface area contributed by atoms with E-state index in [2.05, 4.69) is 20.0 Å².